The molecular formula is C22H29NO3S. The molecule has 0 saturated carbocycles. The molecule has 0 aliphatic rings. The van der Waals surface area contributed by atoms with Gasteiger partial charge in [0.05, 0.1) is 10.6 Å². The molecule has 146 valence electrons. The Morgan fingerprint density at radius 2 is 1.63 bits per heavy atom. The highest BCUT2D eigenvalue weighted by atomic mass is 32.2. The lowest BCUT2D eigenvalue weighted by Gasteiger charge is -2.25. The highest BCUT2D eigenvalue weighted by Gasteiger charge is 2.21. The van der Waals surface area contributed by atoms with Gasteiger partial charge in [-0.15, -0.1) is 0 Å². The van der Waals surface area contributed by atoms with E-state index in [4.69, 9.17) is 0 Å². The summed E-state index contributed by atoms with van der Waals surface area (Å²) in [5, 5.41) is 0. The molecule has 0 aromatic heterocycles. The standard InChI is InChI=1S/C22H29NO3S/c1-4-18(5-2)16-23(6-3)22(24)20-13-10-14-21(15-20)27(25,26)17-19-11-8-7-9-12-19/h7-15,18H,4-6,16-17H2,1-3H3. The zero-order valence-corrected chi connectivity index (χ0v) is 17.2. The Morgan fingerprint density at radius 1 is 0.963 bits per heavy atom. The molecule has 0 aliphatic heterocycles. The highest BCUT2D eigenvalue weighted by molar-refractivity contribution is 7.90. The second-order valence-electron chi connectivity index (χ2n) is 6.80. The number of rotatable bonds is 9. The van der Waals surface area contributed by atoms with E-state index in [1.54, 1.807) is 35.2 Å². The monoisotopic (exact) mass is 387 g/mol. The van der Waals surface area contributed by atoms with Crippen molar-refractivity contribution in [2.45, 2.75) is 44.3 Å². The minimum atomic E-state index is -3.50. The molecule has 2 aromatic carbocycles. The first kappa shape index (κ1) is 21.2. The van der Waals surface area contributed by atoms with Crippen LogP contribution in [0.4, 0.5) is 0 Å². The van der Waals surface area contributed by atoms with Crippen LogP contribution in [0.2, 0.25) is 0 Å². The van der Waals surface area contributed by atoms with Crippen LogP contribution in [0.15, 0.2) is 59.5 Å². The van der Waals surface area contributed by atoms with Gasteiger partial charge in [-0.2, -0.15) is 0 Å². The van der Waals surface area contributed by atoms with Gasteiger partial charge in [-0.25, -0.2) is 8.42 Å². The normalized spacial score (nSPS) is 11.6. The summed E-state index contributed by atoms with van der Waals surface area (Å²) >= 11 is 0. The fourth-order valence-corrected chi connectivity index (χ4v) is 4.49. The zero-order chi connectivity index (χ0) is 19.9. The Morgan fingerprint density at radius 3 is 2.22 bits per heavy atom. The average molecular weight is 388 g/mol. The predicted octanol–water partition coefficient (Wildman–Crippen LogP) is 4.56. The maximum atomic E-state index is 12.9. The van der Waals surface area contributed by atoms with Gasteiger partial charge in [-0.3, -0.25) is 4.79 Å². The summed E-state index contributed by atoms with van der Waals surface area (Å²) in [6.45, 7) is 7.52. The Kier molecular flexibility index (Phi) is 7.60. The highest BCUT2D eigenvalue weighted by Crippen LogP contribution is 2.19. The summed E-state index contributed by atoms with van der Waals surface area (Å²) in [4.78, 5) is 14.9. The van der Waals surface area contributed by atoms with Gasteiger partial charge in [0.15, 0.2) is 9.84 Å². The smallest absolute Gasteiger partial charge is 0.253 e. The Bertz CT molecular complexity index is 843. The van der Waals surface area contributed by atoms with Crippen molar-refractivity contribution in [1.29, 1.82) is 0 Å². The fraction of sp³-hybridized carbons (Fsp3) is 0.409. The largest absolute Gasteiger partial charge is 0.339 e. The summed E-state index contributed by atoms with van der Waals surface area (Å²) < 4.78 is 25.5. The Labute approximate surface area is 163 Å². The van der Waals surface area contributed by atoms with Crippen LogP contribution in [-0.4, -0.2) is 32.3 Å². The molecule has 0 unspecified atom stereocenters. The minimum Gasteiger partial charge on any atom is -0.339 e. The molecule has 0 atom stereocenters. The molecule has 2 rings (SSSR count). The maximum Gasteiger partial charge on any atom is 0.253 e. The SMILES string of the molecule is CCC(CC)CN(CC)C(=O)c1cccc(S(=O)(=O)Cc2ccccc2)c1. The van der Waals surface area contributed by atoms with Crippen molar-refractivity contribution in [3.05, 3.63) is 65.7 Å². The van der Waals surface area contributed by atoms with E-state index in [0.717, 1.165) is 18.4 Å². The summed E-state index contributed by atoms with van der Waals surface area (Å²) in [5.41, 5.74) is 1.16. The van der Waals surface area contributed by atoms with Crippen LogP contribution in [0.5, 0.6) is 0 Å². The van der Waals surface area contributed by atoms with Crippen molar-refractivity contribution in [3.63, 3.8) is 0 Å². The second-order valence-corrected chi connectivity index (χ2v) is 8.79. The first-order valence-corrected chi connectivity index (χ1v) is 11.2. The Hall–Kier alpha value is -2.14. The molecule has 0 N–H and O–H groups in total. The van der Waals surface area contributed by atoms with Crippen molar-refractivity contribution in [2.75, 3.05) is 13.1 Å². The third-order valence-corrected chi connectivity index (χ3v) is 6.63. The third kappa shape index (κ3) is 5.67. The van der Waals surface area contributed by atoms with E-state index >= 15 is 0 Å². The van der Waals surface area contributed by atoms with Crippen molar-refractivity contribution < 1.29 is 13.2 Å². The van der Waals surface area contributed by atoms with Crippen LogP contribution in [0.3, 0.4) is 0 Å². The van der Waals surface area contributed by atoms with Crippen LogP contribution in [0.1, 0.15) is 49.5 Å². The van der Waals surface area contributed by atoms with Gasteiger partial charge >= 0.3 is 0 Å². The van der Waals surface area contributed by atoms with E-state index in [1.807, 2.05) is 25.1 Å². The molecule has 0 saturated heterocycles. The van der Waals surface area contributed by atoms with E-state index in [9.17, 15) is 13.2 Å². The van der Waals surface area contributed by atoms with Crippen LogP contribution in [0, 0.1) is 5.92 Å². The first-order chi connectivity index (χ1) is 12.9. The Balaban J connectivity index is 2.24. The molecule has 4 nitrogen and oxygen atoms in total. The van der Waals surface area contributed by atoms with Gasteiger partial charge in [0.25, 0.3) is 5.91 Å². The summed E-state index contributed by atoms with van der Waals surface area (Å²) in [6.07, 6.45) is 2.04. The van der Waals surface area contributed by atoms with Gasteiger partial charge < -0.3 is 4.90 Å². The molecule has 0 heterocycles. The van der Waals surface area contributed by atoms with E-state index < -0.39 is 9.84 Å². The van der Waals surface area contributed by atoms with Crippen molar-refractivity contribution in [1.82, 2.24) is 4.90 Å². The summed E-state index contributed by atoms with van der Waals surface area (Å²) in [5.74, 6) is 0.275. The molecule has 27 heavy (non-hydrogen) atoms. The molecule has 5 heteroatoms. The third-order valence-electron chi connectivity index (χ3n) is 4.94. The van der Waals surface area contributed by atoms with E-state index in [1.165, 1.54) is 6.07 Å². The molecule has 0 spiro atoms. The zero-order valence-electron chi connectivity index (χ0n) is 16.4. The molecular weight excluding hydrogens is 358 g/mol. The molecule has 0 fully saturated rings. The van der Waals surface area contributed by atoms with Crippen LogP contribution in [-0.2, 0) is 15.6 Å². The maximum absolute atomic E-state index is 12.9. The fourth-order valence-electron chi connectivity index (χ4n) is 3.10. The number of nitrogens with zero attached hydrogens (tertiary/aromatic N) is 1. The van der Waals surface area contributed by atoms with Gasteiger partial charge in [-0.1, -0.05) is 63.1 Å². The van der Waals surface area contributed by atoms with Gasteiger partial charge in [0.1, 0.15) is 0 Å². The minimum absolute atomic E-state index is 0.0727. The number of sulfone groups is 1. The van der Waals surface area contributed by atoms with Gasteiger partial charge in [0.2, 0.25) is 0 Å². The molecule has 1 amide bonds. The van der Waals surface area contributed by atoms with Crippen LogP contribution >= 0.6 is 0 Å². The van der Waals surface area contributed by atoms with E-state index in [2.05, 4.69) is 13.8 Å². The van der Waals surface area contributed by atoms with Crippen LogP contribution in [0.25, 0.3) is 0 Å². The van der Waals surface area contributed by atoms with Crippen LogP contribution < -0.4 is 0 Å². The van der Waals surface area contributed by atoms with Gasteiger partial charge in [0, 0.05) is 18.7 Å². The quantitative estimate of drug-likeness (QED) is 0.634. The van der Waals surface area contributed by atoms with Gasteiger partial charge in [-0.05, 0) is 36.6 Å². The average Bonchev–Trinajstić information content (AvgIpc) is 2.69. The topological polar surface area (TPSA) is 54.5 Å². The lowest BCUT2D eigenvalue weighted by atomic mass is 10.0. The number of hydrogen-bond acceptors (Lipinski definition) is 3. The van der Waals surface area contributed by atoms with E-state index in [-0.39, 0.29) is 16.6 Å². The first-order valence-electron chi connectivity index (χ1n) is 9.57. The van der Waals surface area contributed by atoms with Crippen molar-refractivity contribution in [3.8, 4) is 0 Å². The van der Waals surface area contributed by atoms with Crippen molar-refractivity contribution in [2.24, 2.45) is 5.92 Å². The van der Waals surface area contributed by atoms with E-state index in [0.29, 0.717) is 24.6 Å². The number of benzene rings is 2. The number of carbonyl (C=O) groups is 1. The molecule has 0 aliphatic carbocycles. The summed E-state index contributed by atoms with van der Waals surface area (Å²) in [6, 6.07) is 15.5. The second kappa shape index (κ2) is 9.70. The molecule has 0 radical (unpaired) electrons. The number of carbonyl (C=O) groups excluding carboxylic acids is 1. The lowest BCUT2D eigenvalue weighted by Crippen LogP contribution is -2.35. The van der Waals surface area contributed by atoms with Crippen molar-refractivity contribution >= 4 is 15.7 Å². The molecule has 0 bridgehead atoms. The lowest BCUT2D eigenvalue weighted by molar-refractivity contribution is 0.0734. The predicted molar refractivity (Wildman–Crippen MR) is 109 cm³/mol. The molecule has 2 aromatic rings. The number of amides is 1. The summed E-state index contributed by atoms with van der Waals surface area (Å²) in [7, 11) is -3.50. The number of hydrogen-bond donors (Lipinski definition) is 0.